The number of hydrogen-bond donors (Lipinski definition) is 0. The van der Waals surface area contributed by atoms with E-state index in [9.17, 15) is 0 Å². The van der Waals surface area contributed by atoms with Gasteiger partial charge in [-0.3, -0.25) is 0 Å². The van der Waals surface area contributed by atoms with E-state index in [0.717, 1.165) is 6.61 Å². The van der Waals surface area contributed by atoms with Crippen molar-refractivity contribution in [3.63, 3.8) is 0 Å². The Labute approximate surface area is 59.5 Å². The third kappa shape index (κ3) is 1.95. The number of rotatable bonds is 1. The molecule has 0 bridgehead atoms. The molecule has 52 valence electrons. The third-order valence-electron chi connectivity index (χ3n) is 1.87. The molecule has 0 aromatic heterocycles. The molecule has 0 N–H and O–H groups in total. The summed E-state index contributed by atoms with van der Waals surface area (Å²) in [6.45, 7) is 4.66. The molecule has 0 radical (unpaired) electrons. The first-order valence-electron chi connectivity index (χ1n) is 3.57. The van der Waals surface area contributed by atoms with Gasteiger partial charge >= 0.3 is 0 Å². The lowest BCUT2D eigenvalue weighted by molar-refractivity contribution is 0.0439. The quantitative estimate of drug-likeness (QED) is 0.378. The van der Waals surface area contributed by atoms with Crippen molar-refractivity contribution in [3.8, 4) is 0 Å². The van der Waals surface area contributed by atoms with E-state index < -0.39 is 0 Å². The lowest BCUT2D eigenvalue weighted by Gasteiger charge is -2.24. The second-order valence-corrected chi connectivity index (χ2v) is 4.00. The molecule has 0 amide bonds. The van der Waals surface area contributed by atoms with Crippen LogP contribution in [0.25, 0.3) is 0 Å². The summed E-state index contributed by atoms with van der Waals surface area (Å²) in [5.41, 5.74) is 0.612. The van der Waals surface area contributed by atoms with Gasteiger partial charge in [0.25, 0.3) is 0 Å². The zero-order valence-corrected chi connectivity index (χ0v) is 7.97. The Bertz CT molecular complexity index is 95.1. The first-order valence-corrected chi connectivity index (χ1v) is 4.72. The minimum Gasteiger partial charge on any atom is -0.382 e. The molecule has 2 heteroatoms. The second kappa shape index (κ2) is 3.18. The molecule has 1 saturated heterocycles. The highest BCUT2D eigenvalue weighted by atomic mass is 28.1. The summed E-state index contributed by atoms with van der Waals surface area (Å²) >= 11 is 0. The van der Waals surface area contributed by atoms with Gasteiger partial charge in [-0.05, 0) is 18.8 Å². The van der Waals surface area contributed by atoms with Crippen LogP contribution in [0.5, 0.6) is 0 Å². The summed E-state index contributed by atoms with van der Waals surface area (Å²) in [5.74, 6) is 0.634. The van der Waals surface area contributed by atoms with Crippen LogP contribution in [0.1, 0.15) is 12.8 Å². The zero-order valence-electron chi connectivity index (χ0n) is 5.97. The summed E-state index contributed by atoms with van der Waals surface area (Å²) in [5, 5.41) is 0. The molecule has 9 heavy (non-hydrogen) atoms. The highest BCUT2D eigenvalue weighted by Crippen LogP contribution is 2.17. The normalized spacial score (nSPS) is 36.4. The second-order valence-electron chi connectivity index (χ2n) is 2.72. The van der Waals surface area contributed by atoms with Gasteiger partial charge in [-0.25, -0.2) is 0 Å². The molecule has 1 aliphatic rings. The van der Waals surface area contributed by atoms with E-state index in [1.807, 2.05) is 6.08 Å². The van der Waals surface area contributed by atoms with Crippen LogP contribution in [0.2, 0.25) is 0 Å². The van der Waals surface area contributed by atoms with Gasteiger partial charge in [0.15, 0.2) is 0 Å². The molecule has 0 aromatic rings. The van der Waals surface area contributed by atoms with E-state index in [4.69, 9.17) is 4.74 Å². The zero-order chi connectivity index (χ0) is 6.69. The smallest absolute Gasteiger partial charge is 0.0527 e. The molecule has 1 heterocycles. The van der Waals surface area contributed by atoms with Crippen LogP contribution in [0.4, 0.5) is 0 Å². The maximum atomic E-state index is 5.47. The fourth-order valence-corrected chi connectivity index (χ4v) is 1.61. The molecule has 1 fully saturated rings. The van der Waals surface area contributed by atoms with Crippen LogP contribution in [-0.2, 0) is 4.74 Å². The monoisotopic (exact) mass is 142 g/mol. The first kappa shape index (κ1) is 7.03. The van der Waals surface area contributed by atoms with Gasteiger partial charge in [0.1, 0.15) is 0 Å². The van der Waals surface area contributed by atoms with E-state index in [0.29, 0.717) is 11.6 Å². The fourth-order valence-electron chi connectivity index (χ4n) is 1.09. The van der Waals surface area contributed by atoms with Gasteiger partial charge in [-0.15, -0.1) is 6.58 Å². The van der Waals surface area contributed by atoms with Gasteiger partial charge in [-0.2, -0.15) is 0 Å². The van der Waals surface area contributed by atoms with E-state index in [1.54, 1.807) is 0 Å². The Kier molecular flexibility index (Phi) is 2.48. The van der Waals surface area contributed by atoms with Crippen LogP contribution in [-0.4, -0.2) is 22.6 Å². The van der Waals surface area contributed by atoms with Gasteiger partial charge in [0, 0.05) is 16.0 Å². The van der Waals surface area contributed by atoms with Crippen LogP contribution in [0.15, 0.2) is 12.7 Å². The average molecular weight is 142 g/mol. The van der Waals surface area contributed by atoms with Crippen molar-refractivity contribution < 1.29 is 4.74 Å². The van der Waals surface area contributed by atoms with E-state index in [-0.39, 0.29) is 0 Å². The molecule has 1 nitrogen and oxygen atoms in total. The average Bonchev–Trinajstić information content (AvgIpc) is 1.90. The maximum Gasteiger partial charge on any atom is 0.0527 e. The Balaban J connectivity index is 2.26. The minimum absolute atomic E-state index is 0.612. The van der Waals surface area contributed by atoms with Gasteiger partial charge in [-0.1, -0.05) is 6.08 Å². The standard InChI is InChI=1S/C7H14OSi/c1-2-6-3-4-7(9)8-5-6/h2,6-7H,1,3-5H2,9H3. The SMILES string of the molecule is C=CC1CCC([SiH3])OC1. The molecule has 2 atom stereocenters. The van der Waals surface area contributed by atoms with Gasteiger partial charge in [0.2, 0.25) is 0 Å². The molecule has 1 aliphatic heterocycles. The predicted octanol–water partition coefficient (Wildman–Crippen LogP) is 0.291. The van der Waals surface area contributed by atoms with Crippen molar-refractivity contribution in [2.45, 2.75) is 18.6 Å². The molecule has 0 aromatic carbocycles. The highest BCUT2D eigenvalue weighted by Gasteiger charge is 2.14. The predicted molar refractivity (Wildman–Crippen MR) is 42.6 cm³/mol. The van der Waals surface area contributed by atoms with Crippen molar-refractivity contribution in [1.29, 1.82) is 0 Å². The number of ether oxygens (including phenoxy) is 1. The topological polar surface area (TPSA) is 9.23 Å². The molecular weight excluding hydrogens is 128 g/mol. The Morgan fingerprint density at radius 2 is 2.33 bits per heavy atom. The lowest BCUT2D eigenvalue weighted by atomic mass is 10.0. The summed E-state index contributed by atoms with van der Waals surface area (Å²) in [6, 6.07) is 0. The minimum atomic E-state index is 0.612. The molecule has 1 rings (SSSR count). The van der Waals surface area contributed by atoms with E-state index in [1.165, 1.54) is 23.1 Å². The van der Waals surface area contributed by atoms with Crippen LogP contribution in [0.3, 0.4) is 0 Å². The van der Waals surface area contributed by atoms with Crippen LogP contribution < -0.4 is 0 Å². The molecule has 0 spiro atoms. The fraction of sp³-hybridized carbons (Fsp3) is 0.714. The van der Waals surface area contributed by atoms with Crippen molar-refractivity contribution in [2.24, 2.45) is 5.92 Å². The molecule has 0 saturated carbocycles. The Morgan fingerprint density at radius 1 is 1.56 bits per heavy atom. The third-order valence-corrected chi connectivity index (χ3v) is 2.78. The number of hydrogen-bond acceptors (Lipinski definition) is 1. The van der Waals surface area contributed by atoms with Crippen molar-refractivity contribution in [2.75, 3.05) is 6.61 Å². The van der Waals surface area contributed by atoms with Crippen molar-refractivity contribution in [1.82, 2.24) is 0 Å². The summed E-state index contributed by atoms with van der Waals surface area (Å²) in [6.07, 6.45) is 4.55. The van der Waals surface area contributed by atoms with Gasteiger partial charge in [0.05, 0.1) is 6.61 Å². The van der Waals surface area contributed by atoms with E-state index in [2.05, 4.69) is 6.58 Å². The molecular formula is C7H14OSi. The Hall–Kier alpha value is -0.0831. The van der Waals surface area contributed by atoms with E-state index >= 15 is 0 Å². The van der Waals surface area contributed by atoms with Crippen LogP contribution in [0, 0.1) is 5.92 Å². The van der Waals surface area contributed by atoms with Crippen molar-refractivity contribution >= 4 is 10.2 Å². The van der Waals surface area contributed by atoms with Crippen LogP contribution >= 0.6 is 0 Å². The lowest BCUT2D eigenvalue weighted by Crippen LogP contribution is -2.24. The molecule has 2 unspecified atom stereocenters. The molecule has 0 aliphatic carbocycles. The largest absolute Gasteiger partial charge is 0.382 e. The highest BCUT2D eigenvalue weighted by molar-refractivity contribution is 6.11. The summed E-state index contributed by atoms with van der Waals surface area (Å²) < 4.78 is 5.47. The maximum absolute atomic E-state index is 5.47. The summed E-state index contributed by atoms with van der Waals surface area (Å²) in [4.78, 5) is 0. The summed E-state index contributed by atoms with van der Waals surface area (Å²) in [7, 11) is 1.19. The first-order chi connectivity index (χ1) is 4.33. The Morgan fingerprint density at radius 3 is 2.78 bits per heavy atom. The van der Waals surface area contributed by atoms with Crippen molar-refractivity contribution in [3.05, 3.63) is 12.7 Å². The van der Waals surface area contributed by atoms with Gasteiger partial charge < -0.3 is 4.74 Å².